The second kappa shape index (κ2) is 6.74. The lowest BCUT2D eigenvalue weighted by Crippen LogP contribution is -2.41. The molecule has 3 rings (SSSR count). The number of hydrogen-bond donors (Lipinski definition) is 2. The number of aromatic nitrogens is 1. The van der Waals surface area contributed by atoms with E-state index in [0.29, 0.717) is 5.76 Å². The number of halogens is 1. The van der Waals surface area contributed by atoms with E-state index in [1.807, 2.05) is 30.3 Å². The Balaban J connectivity index is 1.62. The molecule has 0 aliphatic heterocycles. The molecular formula is C17H12FN3O3. The molecule has 0 saturated heterocycles. The summed E-state index contributed by atoms with van der Waals surface area (Å²) in [5.74, 6) is -1.22. The summed E-state index contributed by atoms with van der Waals surface area (Å²) in [6.07, 6.45) is 0. The van der Waals surface area contributed by atoms with Crippen molar-refractivity contribution in [3.63, 3.8) is 0 Å². The van der Waals surface area contributed by atoms with Gasteiger partial charge in [0, 0.05) is 17.2 Å². The van der Waals surface area contributed by atoms with E-state index in [4.69, 9.17) is 4.52 Å². The first kappa shape index (κ1) is 15.4. The van der Waals surface area contributed by atoms with Crippen LogP contribution in [0, 0.1) is 5.82 Å². The smallest absolute Gasteiger partial charge is 0.291 e. The number of hydrogen-bond acceptors (Lipinski definition) is 4. The van der Waals surface area contributed by atoms with Gasteiger partial charge in [-0.2, -0.15) is 0 Å². The Hall–Kier alpha value is -3.48. The third-order valence-electron chi connectivity index (χ3n) is 3.20. The topological polar surface area (TPSA) is 84.2 Å². The van der Waals surface area contributed by atoms with Crippen molar-refractivity contribution in [1.29, 1.82) is 0 Å². The lowest BCUT2D eigenvalue weighted by Gasteiger charge is -2.05. The number of hydrazine groups is 1. The number of amides is 2. The Morgan fingerprint density at radius 3 is 2.29 bits per heavy atom. The van der Waals surface area contributed by atoms with E-state index in [-0.39, 0.29) is 11.3 Å². The van der Waals surface area contributed by atoms with Crippen LogP contribution in [0.1, 0.15) is 20.8 Å². The molecule has 0 atom stereocenters. The van der Waals surface area contributed by atoms with Gasteiger partial charge < -0.3 is 4.52 Å². The van der Waals surface area contributed by atoms with E-state index >= 15 is 0 Å². The molecule has 7 heteroatoms. The molecule has 3 aromatic rings. The van der Waals surface area contributed by atoms with Crippen LogP contribution < -0.4 is 10.9 Å². The number of rotatable bonds is 3. The fraction of sp³-hybridized carbons (Fsp3) is 0. The van der Waals surface area contributed by atoms with Crippen LogP contribution in [0.15, 0.2) is 65.2 Å². The molecule has 0 unspecified atom stereocenters. The highest BCUT2D eigenvalue weighted by molar-refractivity contribution is 5.98. The van der Waals surface area contributed by atoms with E-state index in [9.17, 15) is 14.0 Å². The summed E-state index contributed by atoms with van der Waals surface area (Å²) in [5.41, 5.74) is 5.45. The molecule has 0 spiro atoms. The van der Waals surface area contributed by atoms with Crippen molar-refractivity contribution in [3.05, 3.63) is 77.7 Å². The summed E-state index contributed by atoms with van der Waals surface area (Å²) < 4.78 is 17.9. The maximum atomic E-state index is 12.8. The van der Waals surface area contributed by atoms with Crippen molar-refractivity contribution in [2.45, 2.75) is 0 Å². The zero-order chi connectivity index (χ0) is 16.9. The number of nitrogens with zero attached hydrogens (tertiary/aromatic N) is 1. The van der Waals surface area contributed by atoms with Crippen molar-refractivity contribution in [2.24, 2.45) is 0 Å². The molecule has 0 aliphatic rings. The fourth-order valence-electron chi connectivity index (χ4n) is 1.97. The third-order valence-corrected chi connectivity index (χ3v) is 3.20. The average Bonchev–Trinajstić information content (AvgIpc) is 3.11. The van der Waals surface area contributed by atoms with Crippen LogP contribution >= 0.6 is 0 Å². The molecule has 0 bridgehead atoms. The standard InChI is InChI=1S/C17H12FN3O3/c18-13-8-6-12(7-9-13)16(22)19-20-17(23)14-10-15(24-21-14)11-4-2-1-3-5-11/h1-10H,(H,19,22)(H,20,23). The van der Waals surface area contributed by atoms with Crippen LogP contribution in [0.4, 0.5) is 4.39 Å². The van der Waals surface area contributed by atoms with E-state index in [2.05, 4.69) is 16.0 Å². The lowest BCUT2D eigenvalue weighted by molar-refractivity contribution is 0.0841. The van der Waals surface area contributed by atoms with Crippen molar-refractivity contribution in [1.82, 2.24) is 16.0 Å². The predicted molar refractivity (Wildman–Crippen MR) is 83.3 cm³/mol. The Labute approximate surface area is 136 Å². The zero-order valence-corrected chi connectivity index (χ0v) is 12.3. The molecule has 1 heterocycles. The summed E-state index contributed by atoms with van der Waals surface area (Å²) in [7, 11) is 0. The van der Waals surface area contributed by atoms with Gasteiger partial charge in [0.15, 0.2) is 11.5 Å². The molecule has 2 amide bonds. The molecule has 2 N–H and O–H groups in total. The zero-order valence-electron chi connectivity index (χ0n) is 12.3. The van der Waals surface area contributed by atoms with Gasteiger partial charge >= 0.3 is 0 Å². The van der Waals surface area contributed by atoms with Crippen molar-refractivity contribution >= 4 is 11.8 Å². The molecule has 0 fully saturated rings. The van der Waals surface area contributed by atoms with Crippen LogP contribution in [0.25, 0.3) is 11.3 Å². The van der Waals surface area contributed by atoms with Gasteiger partial charge in [0.05, 0.1) is 0 Å². The molecule has 1 aromatic heterocycles. The van der Waals surface area contributed by atoms with Crippen LogP contribution in [0.3, 0.4) is 0 Å². The molecule has 24 heavy (non-hydrogen) atoms. The number of carbonyl (C=O) groups is 2. The van der Waals surface area contributed by atoms with Crippen molar-refractivity contribution < 1.29 is 18.5 Å². The van der Waals surface area contributed by atoms with Gasteiger partial charge in [0.1, 0.15) is 5.82 Å². The Morgan fingerprint density at radius 2 is 1.58 bits per heavy atom. The molecule has 6 nitrogen and oxygen atoms in total. The number of nitrogens with one attached hydrogen (secondary N) is 2. The number of carbonyl (C=O) groups excluding carboxylic acids is 2. The molecule has 120 valence electrons. The second-order valence-corrected chi connectivity index (χ2v) is 4.86. The summed E-state index contributed by atoms with van der Waals surface area (Å²) in [4.78, 5) is 23.8. The van der Waals surface area contributed by atoms with Crippen LogP contribution in [0.5, 0.6) is 0 Å². The van der Waals surface area contributed by atoms with Gasteiger partial charge in [-0.3, -0.25) is 20.4 Å². The first-order chi connectivity index (χ1) is 11.6. The first-order valence-electron chi connectivity index (χ1n) is 7.02. The van der Waals surface area contributed by atoms with Crippen LogP contribution in [-0.2, 0) is 0 Å². The minimum Gasteiger partial charge on any atom is -0.355 e. The fourth-order valence-corrected chi connectivity index (χ4v) is 1.97. The average molecular weight is 325 g/mol. The highest BCUT2D eigenvalue weighted by Gasteiger charge is 2.14. The van der Waals surface area contributed by atoms with E-state index < -0.39 is 17.6 Å². The molecule has 2 aromatic carbocycles. The molecule has 0 aliphatic carbocycles. The van der Waals surface area contributed by atoms with E-state index in [1.165, 1.54) is 18.2 Å². The van der Waals surface area contributed by atoms with Gasteiger partial charge in [-0.05, 0) is 24.3 Å². The Bertz CT molecular complexity index is 860. The minimum absolute atomic E-state index is 0.0215. The normalized spacial score (nSPS) is 10.2. The van der Waals surface area contributed by atoms with Gasteiger partial charge in [0.2, 0.25) is 0 Å². The number of benzene rings is 2. The summed E-state index contributed by atoms with van der Waals surface area (Å²) in [6.45, 7) is 0. The Morgan fingerprint density at radius 1 is 0.917 bits per heavy atom. The Kier molecular flexibility index (Phi) is 4.33. The monoisotopic (exact) mass is 325 g/mol. The maximum Gasteiger partial charge on any atom is 0.291 e. The van der Waals surface area contributed by atoms with Gasteiger partial charge in [0.25, 0.3) is 11.8 Å². The van der Waals surface area contributed by atoms with Crippen molar-refractivity contribution in [2.75, 3.05) is 0 Å². The van der Waals surface area contributed by atoms with Crippen LogP contribution in [0.2, 0.25) is 0 Å². The third kappa shape index (κ3) is 3.46. The summed E-state index contributed by atoms with van der Waals surface area (Å²) in [6, 6.07) is 15.5. The van der Waals surface area contributed by atoms with Crippen molar-refractivity contribution in [3.8, 4) is 11.3 Å². The lowest BCUT2D eigenvalue weighted by atomic mass is 10.1. The molecule has 0 saturated carbocycles. The minimum atomic E-state index is -0.628. The highest BCUT2D eigenvalue weighted by Crippen LogP contribution is 2.19. The van der Waals surface area contributed by atoms with Gasteiger partial charge in [-0.1, -0.05) is 35.5 Å². The van der Waals surface area contributed by atoms with Gasteiger partial charge in [-0.15, -0.1) is 0 Å². The predicted octanol–water partition coefficient (Wildman–Crippen LogP) is 2.56. The first-order valence-corrected chi connectivity index (χ1v) is 7.02. The summed E-state index contributed by atoms with van der Waals surface area (Å²) >= 11 is 0. The van der Waals surface area contributed by atoms with E-state index in [0.717, 1.165) is 17.7 Å². The largest absolute Gasteiger partial charge is 0.355 e. The van der Waals surface area contributed by atoms with E-state index in [1.54, 1.807) is 0 Å². The molecule has 0 radical (unpaired) electrons. The highest BCUT2D eigenvalue weighted by atomic mass is 19.1. The second-order valence-electron chi connectivity index (χ2n) is 4.86. The summed E-state index contributed by atoms with van der Waals surface area (Å²) in [5, 5.41) is 3.67. The molecular weight excluding hydrogens is 313 g/mol. The quantitative estimate of drug-likeness (QED) is 0.725. The SMILES string of the molecule is O=C(NNC(=O)c1cc(-c2ccccc2)on1)c1ccc(F)cc1. The van der Waals surface area contributed by atoms with Gasteiger partial charge in [-0.25, -0.2) is 4.39 Å². The maximum absolute atomic E-state index is 12.8. The van der Waals surface area contributed by atoms with Crippen LogP contribution in [-0.4, -0.2) is 17.0 Å².